The highest BCUT2D eigenvalue weighted by Gasteiger charge is 2.35. The van der Waals surface area contributed by atoms with Crippen molar-refractivity contribution in [2.45, 2.75) is 18.8 Å². The van der Waals surface area contributed by atoms with Crippen molar-refractivity contribution in [3.8, 4) is 0 Å². The lowest BCUT2D eigenvalue weighted by Gasteiger charge is -2.41. The van der Waals surface area contributed by atoms with Gasteiger partial charge in [0.15, 0.2) is 0 Å². The molecule has 0 aromatic heterocycles. The average Bonchev–Trinajstić information content (AvgIpc) is 2.52. The van der Waals surface area contributed by atoms with E-state index in [-0.39, 0.29) is 19.8 Å². The Bertz CT molecular complexity index is 393. The standard InChI is InChI=1S/C16H25NO4/c1-2-8-16(14-20,17(9-11-18)10-12-19)21-13-15-6-4-3-5-7-15/h2-7,18-20H,1,8-14H2. The molecule has 0 aliphatic heterocycles. The van der Waals surface area contributed by atoms with E-state index in [0.29, 0.717) is 26.1 Å². The van der Waals surface area contributed by atoms with Gasteiger partial charge in [-0.25, -0.2) is 0 Å². The number of ether oxygens (including phenoxy) is 1. The first-order chi connectivity index (χ1) is 10.2. The third-order valence-electron chi connectivity index (χ3n) is 3.38. The highest BCUT2D eigenvalue weighted by molar-refractivity contribution is 5.13. The molecule has 1 unspecified atom stereocenters. The molecule has 0 fully saturated rings. The molecule has 0 saturated heterocycles. The van der Waals surface area contributed by atoms with Gasteiger partial charge >= 0.3 is 0 Å². The SMILES string of the molecule is C=CCC(CO)(OCc1ccccc1)N(CCO)CCO. The van der Waals surface area contributed by atoms with Gasteiger partial charge in [-0.1, -0.05) is 36.4 Å². The molecule has 1 atom stereocenters. The van der Waals surface area contributed by atoms with Gasteiger partial charge in [-0.3, -0.25) is 4.90 Å². The Labute approximate surface area is 126 Å². The zero-order valence-electron chi connectivity index (χ0n) is 12.3. The van der Waals surface area contributed by atoms with Gasteiger partial charge in [-0.05, 0) is 5.56 Å². The smallest absolute Gasteiger partial charge is 0.148 e. The summed E-state index contributed by atoms with van der Waals surface area (Å²) in [6, 6.07) is 9.66. The van der Waals surface area contributed by atoms with Crippen molar-refractivity contribution in [1.29, 1.82) is 0 Å². The van der Waals surface area contributed by atoms with E-state index in [1.807, 2.05) is 30.3 Å². The molecule has 0 aliphatic carbocycles. The number of benzene rings is 1. The van der Waals surface area contributed by atoms with E-state index >= 15 is 0 Å². The summed E-state index contributed by atoms with van der Waals surface area (Å²) in [6.45, 7) is 4.27. The molecular formula is C16H25NO4. The number of aliphatic hydroxyl groups excluding tert-OH is 3. The van der Waals surface area contributed by atoms with Crippen molar-refractivity contribution in [1.82, 2.24) is 4.90 Å². The monoisotopic (exact) mass is 295 g/mol. The summed E-state index contributed by atoms with van der Waals surface area (Å²) < 4.78 is 5.96. The summed E-state index contributed by atoms with van der Waals surface area (Å²) in [5, 5.41) is 28.2. The van der Waals surface area contributed by atoms with Crippen LogP contribution < -0.4 is 0 Å². The average molecular weight is 295 g/mol. The Morgan fingerprint density at radius 1 is 1.10 bits per heavy atom. The van der Waals surface area contributed by atoms with Crippen LogP contribution in [-0.2, 0) is 11.3 Å². The first-order valence-electron chi connectivity index (χ1n) is 7.09. The van der Waals surface area contributed by atoms with Crippen molar-refractivity contribution in [3.63, 3.8) is 0 Å². The van der Waals surface area contributed by atoms with Crippen LogP contribution in [0.1, 0.15) is 12.0 Å². The molecule has 5 nitrogen and oxygen atoms in total. The summed E-state index contributed by atoms with van der Waals surface area (Å²) in [5.74, 6) is 0. The fraction of sp³-hybridized carbons (Fsp3) is 0.500. The lowest BCUT2D eigenvalue weighted by molar-refractivity contribution is -0.190. The first-order valence-corrected chi connectivity index (χ1v) is 7.09. The highest BCUT2D eigenvalue weighted by Crippen LogP contribution is 2.23. The molecule has 21 heavy (non-hydrogen) atoms. The molecule has 1 aromatic carbocycles. The van der Waals surface area contributed by atoms with Crippen LogP contribution in [0, 0.1) is 0 Å². The molecule has 0 aliphatic rings. The number of nitrogens with zero attached hydrogens (tertiary/aromatic N) is 1. The first kappa shape index (κ1) is 17.8. The van der Waals surface area contributed by atoms with Crippen molar-refractivity contribution in [2.75, 3.05) is 32.9 Å². The molecule has 0 spiro atoms. The maximum Gasteiger partial charge on any atom is 0.148 e. The Hall–Kier alpha value is -1.24. The lowest BCUT2D eigenvalue weighted by atomic mass is 10.1. The topological polar surface area (TPSA) is 73.2 Å². The van der Waals surface area contributed by atoms with Crippen LogP contribution in [0.5, 0.6) is 0 Å². The van der Waals surface area contributed by atoms with Crippen molar-refractivity contribution in [2.24, 2.45) is 0 Å². The summed E-state index contributed by atoms with van der Waals surface area (Å²) in [6.07, 6.45) is 2.07. The molecule has 0 heterocycles. The second-order valence-electron chi connectivity index (χ2n) is 4.81. The largest absolute Gasteiger partial charge is 0.395 e. The van der Waals surface area contributed by atoms with E-state index < -0.39 is 5.72 Å². The Balaban J connectivity index is 2.86. The minimum atomic E-state index is -0.983. The fourth-order valence-corrected chi connectivity index (χ4v) is 2.27. The Morgan fingerprint density at radius 3 is 2.19 bits per heavy atom. The van der Waals surface area contributed by atoms with E-state index in [0.717, 1.165) is 5.56 Å². The highest BCUT2D eigenvalue weighted by atomic mass is 16.5. The summed E-state index contributed by atoms with van der Waals surface area (Å²) in [5.41, 5.74) is 0.00982. The Kier molecular flexibility index (Phi) is 8.19. The molecule has 0 amide bonds. The van der Waals surface area contributed by atoms with Gasteiger partial charge in [-0.15, -0.1) is 6.58 Å². The molecule has 118 valence electrons. The molecule has 1 rings (SSSR count). The van der Waals surface area contributed by atoms with E-state index in [4.69, 9.17) is 4.74 Å². The van der Waals surface area contributed by atoms with Crippen LogP contribution in [-0.4, -0.2) is 58.9 Å². The Morgan fingerprint density at radius 2 is 1.71 bits per heavy atom. The molecule has 3 N–H and O–H groups in total. The molecule has 5 heteroatoms. The van der Waals surface area contributed by atoms with E-state index in [2.05, 4.69) is 6.58 Å². The number of hydrogen-bond acceptors (Lipinski definition) is 5. The van der Waals surface area contributed by atoms with Crippen LogP contribution in [0.4, 0.5) is 0 Å². The minimum absolute atomic E-state index is 0.0758. The van der Waals surface area contributed by atoms with Gasteiger partial charge in [0.05, 0.1) is 26.4 Å². The third kappa shape index (κ3) is 5.22. The number of aliphatic hydroxyl groups is 3. The predicted molar refractivity (Wildman–Crippen MR) is 81.6 cm³/mol. The van der Waals surface area contributed by atoms with E-state index in [1.54, 1.807) is 11.0 Å². The van der Waals surface area contributed by atoms with Crippen molar-refractivity contribution >= 4 is 0 Å². The van der Waals surface area contributed by atoms with Crippen LogP contribution in [0.25, 0.3) is 0 Å². The van der Waals surface area contributed by atoms with Gasteiger partial charge in [0, 0.05) is 19.5 Å². The molecule has 0 saturated carbocycles. The number of hydrogen-bond donors (Lipinski definition) is 3. The van der Waals surface area contributed by atoms with E-state index in [1.165, 1.54) is 0 Å². The van der Waals surface area contributed by atoms with Crippen LogP contribution in [0.15, 0.2) is 43.0 Å². The van der Waals surface area contributed by atoms with Crippen LogP contribution in [0.2, 0.25) is 0 Å². The van der Waals surface area contributed by atoms with Gasteiger partial charge in [0.1, 0.15) is 5.72 Å². The zero-order valence-corrected chi connectivity index (χ0v) is 12.3. The predicted octanol–water partition coefficient (Wildman–Crippen LogP) is 0.754. The fourth-order valence-electron chi connectivity index (χ4n) is 2.27. The maximum absolute atomic E-state index is 9.83. The minimum Gasteiger partial charge on any atom is -0.395 e. The quantitative estimate of drug-likeness (QED) is 0.415. The van der Waals surface area contributed by atoms with Crippen molar-refractivity contribution in [3.05, 3.63) is 48.6 Å². The lowest BCUT2D eigenvalue weighted by Crippen LogP contribution is -2.55. The van der Waals surface area contributed by atoms with Gasteiger partial charge in [0.2, 0.25) is 0 Å². The zero-order chi connectivity index (χ0) is 15.6. The maximum atomic E-state index is 9.83. The summed E-state index contributed by atoms with van der Waals surface area (Å²) >= 11 is 0. The van der Waals surface area contributed by atoms with E-state index in [9.17, 15) is 15.3 Å². The normalized spacial score (nSPS) is 14.1. The third-order valence-corrected chi connectivity index (χ3v) is 3.38. The second-order valence-corrected chi connectivity index (χ2v) is 4.81. The van der Waals surface area contributed by atoms with Gasteiger partial charge in [0.25, 0.3) is 0 Å². The molecular weight excluding hydrogens is 270 g/mol. The molecule has 0 bridgehead atoms. The molecule has 1 aromatic rings. The molecule has 0 radical (unpaired) electrons. The van der Waals surface area contributed by atoms with Gasteiger partial charge in [-0.2, -0.15) is 0 Å². The summed E-state index contributed by atoms with van der Waals surface area (Å²) in [7, 11) is 0. The number of rotatable bonds is 11. The van der Waals surface area contributed by atoms with Gasteiger partial charge < -0.3 is 20.1 Å². The summed E-state index contributed by atoms with van der Waals surface area (Å²) in [4.78, 5) is 1.75. The van der Waals surface area contributed by atoms with Crippen LogP contribution >= 0.6 is 0 Å². The van der Waals surface area contributed by atoms with Crippen molar-refractivity contribution < 1.29 is 20.1 Å². The second kappa shape index (κ2) is 9.65. The van der Waals surface area contributed by atoms with Crippen LogP contribution in [0.3, 0.4) is 0 Å².